The van der Waals surface area contributed by atoms with E-state index >= 15 is 0 Å². The quantitative estimate of drug-likeness (QED) is 0.871. The lowest BCUT2D eigenvalue weighted by atomic mass is 9.97. The van der Waals surface area contributed by atoms with E-state index < -0.39 is 35.4 Å². The average molecular weight is 352 g/mol. The Bertz CT molecular complexity index is 827. The molecule has 8 heteroatoms. The van der Waals surface area contributed by atoms with Crippen molar-refractivity contribution in [1.82, 2.24) is 9.88 Å². The molecule has 0 saturated carbocycles. The molecule has 5 nitrogen and oxygen atoms in total. The van der Waals surface area contributed by atoms with E-state index in [2.05, 4.69) is 4.98 Å². The molecule has 1 aromatic carbocycles. The summed E-state index contributed by atoms with van der Waals surface area (Å²) in [5, 5.41) is 9.93. The summed E-state index contributed by atoms with van der Waals surface area (Å²) < 4.78 is 39.9. The van der Waals surface area contributed by atoms with E-state index in [1.807, 2.05) is 0 Å². The number of hydrogen-bond acceptors (Lipinski definition) is 3. The van der Waals surface area contributed by atoms with Crippen molar-refractivity contribution in [3.8, 4) is 0 Å². The number of likely N-dealkylation sites (tertiary alicyclic amines) is 1. The number of nitrogens with one attached hydrogen (secondary N) is 1. The number of amides is 1. The molecule has 0 aliphatic carbocycles. The van der Waals surface area contributed by atoms with E-state index in [-0.39, 0.29) is 24.1 Å². The number of benzene rings is 1. The Hall–Kier alpha value is -2.61. The van der Waals surface area contributed by atoms with Gasteiger partial charge in [-0.15, -0.1) is 0 Å². The van der Waals surface area contributed by atoms with Crippen LogP contribution in [0.2, 0.25) is 0 Å². The molecule has 3 rings (SSSR count). The number of nitrogens with zero attached hydrogens (tertiary/aromatic N) is 1. The molecule has 1 fully saturated rings. The Morgan fingerprint density at radius 1 is 1.20 bits per heavy atom. The first-order chi connectivity index (χ1) is 11.8. The van der Waals surface area contributed by atoms with Crippen LogP contribution < -0.4 is 5.56 Å². The van der Waals surface area contributed by atoms with Gasteiger partial charge in [-0.05, 0) is 24.1 Å². The summed E-state index contributed by atoms with van der Waals surface area (Å²) in [6.45, 7) is -0.0746. The smallest absolute Gasteiger partial charge is 0.391 e. The van der Waals surface area contributed by atoms with Gasteiger partial charge in [-0.25, -0.2) is 0 Å². The molecular formula is C17H15F3N2O3. The van der Waals surface area contributed by atoms with Crippen LogP contribution in [-0.4, -0.2) is 33.5 Å². The molecule has 132 valence electrons. The van der Waals surface area contributed by atoms with Crippen molar-refractivity contribution in [3.63, 3.8) is 0 Å². The summed E-state index contributed by atoms with van der Waals surface area (Å²) in [5.74, 6) is -0.547. The van der Waals surface area contributed by atoms with Gasteiger partial charge in [-0.3, -0.25) is 9.59 Å². The van der Waals surface area contributed by atoms with Gasteiger partial charge in [0.15, 0.2) is 0 Å². The van der Waals surface area contributed by atoms with Gasteiger partial charge in [-0.1, -0.05) is 18.2 Å². The minimum Gasteiger partial charge on any atom is -0.391 e. The van der Waals surface area contributed by atoms with Crippen LogP contribution in [0.5, 0.6) is 0 Å². The molecule has 1 aliphatic heterocycles. The first-order valence-corrected chi connectivity index (χ1v) is 7.61. The first-order valence-electron chi connectivity index (χ1n) is 7.61. The van der Waals surface area contributed by atoms with Crippen molar-refractivity contribution in [1.29, 1.82) is 0 Å². The number of carbonyl (C=O) groups is 1. The van der Waals surface area contributed by atoms with E-state index in [0.29, 0.717) is 0 Å². The van der Waals surface area contributed by atoms with Gasteiger partial charge in [0.2, 0.25) is 5.56 Å². The highest BCUT2D eigenvalue weighted by molar-refractivity contribution is 5.94. The van der Waals surface area contributed by atoms with Crippen LogP contribution in [0.4, 0.5) is 13.2 Å². The minimum atomic E-state index is -4.56. The van der Waals surface area contributed by atoms with Crippen LogP contribution in [-0.2, 0) is 6.18 Å². The summed E-state index contributed by atoms with van der Waals surface area (Å²) in [6, 6.07) is 6.61. The van der Waals surface area contributed by atoms with Gasteiger partial charge in [0.1, 0.15) is 0 Å². The molecule has 1 aromatic heterocycles. The molecular weight excluding hydrogens is 337 g/mol. The zero-order valence-corrected chi connectivity index (χ0v) is 13.0. The number of carbonyl (C=O) groups excluding carboxylic acids is 1. The van der Waals surface area contributed by atoms with E-state index in [1.165, 1.54) is 41.4 Å². The van der Waals surface area contributed by atoms with Gasteiger partial charge in [0, 0.05) is 18.8 Å². The second kappa shape index (κ2) is 6.36. The van der Waals surface area contributed by atoms with Crippen LogP contribution in [0.1, 0.15) is 33.9 Å². The number of aliphatic hydroxyl groups excluding tert-OH is 1. The number of aromatic nitrogens is 1. The second-order valence-electron chi connectivity index (χ2n) is 5.89. The summed E-state index contributed by atoms with van der Waals surface area (Å²) >= 11 is 0. The number of aliphatic hydroxyl groups is 1. The van der Waals surface area contributed by atoms with Crippen LogP contribution >= 0.6 is 0 Å². The van der Waals surface area contributed by atoms with Gasteiger partial charge < -0.3 is 15.0 Å². The molecule has 25 heavy (non-hydrogen) atoms. The second-order valence-corrected chi connectivity index (χ2v) is 5.89. The Balaban J connectivity index is 2.00. The monoisotopic (exact) mass is 352 g/mol. The molecule has 0 bridgehead atoms. The number of alkyl halides is 3. The topological polar surface area (TPSA) is 73.4 Å². The fourth-order valence-electron chi connectivity index (χ4n) is 3.09. The van der Waals surface area contributed by atoms with E-state index in [0.717, 1.165) is 6.07 Å². The molecule has 1 amide bonds. The Morgan fingerprint density at radius 3 is 2.56 bits per heavy atom. The van der Waals surface area contributed by atoms with Gasteiger partial charge in [0.05, 0.1) is 23.3 Å². The highest BCUT2D eigenvalue weighted by Gasteiger charge is 2.41. The summed E-state index contributed by atoms with van der Waals surface area (Å²) in [6.07, 6.45) is -4.25. The fraction of sp³-hybridized carbons (Fsp3) is 0.294. The summed E-state index contributed by atoms with van der Waals surface area (Å²) in [7, 11) is 0. The lowest BCUT2D eigenvalue weighted by molar-refractivity contribution is -0.138. The molecule has 1 saturated heterocycles. The molecule has 1 aliphatic rings. The predicted molar refractivity (Wildman–Crippen MR) is 82.9 cm³/mol. The van der Waals surface area contributed by atoms with Crippen molar-refractivity contribution in [2.45, 2.75) is 24.7 Å². The number of H-pyrrole nitrogens is 1. The SMILES string of the molecule is O=C(c1ccc(=O)[nH]c1)N1C[C@H](O)C[C@@H]1c1ccccc1C(F)(F)F. The first kappa shape index (κ1) is 17.2. The third kappa shape index (κ3) is 3.43. The summed E-state index contributed by atoms with van der Waals surface area (Å²) in [4.78, 5) is 27.3. The van der Waals surface area contributed by atoms with Crippen molar-refractivity contribution in [3.05, 3.63) is 69.6 Å². The van der Waals surface area contributed by atoms with Gasteiger partial charge >= 0.3 is 6.18 Å². The van der Waals surface area contributed by atoms with Crippen LogP contribution in [0.15, 0.2) is 47.4 Å². The Kier molecular flexibility index (Phi) is 4.38. The standard InChI is InChI=1S/C17H15F3N2O3/c18-17(19,20)13-4-2-1-3-12(13)14-7-11(23)9-22(14)16(25)10-5-6-15(24)21-8-10/h1-6,8,11,14,23H,7,9H2,(H,21,24)/t11-,14-/m1/s1. The van der Waals surface area contributed by atoms with Crippen molar-refractivity contribution >= 4 is 5.91 Å². The number of hydrogen-bond donors (Lipinski definition) is 2. The van der Waals surface area contributed by atoms with Gasteiger partial charge in [-0.2, -0.15) is 13.2 Å². The van der Waals surface area contributed by atoms with Crippen LogP contribution in [0.25, 0.3) is 0 Å². The van der Waals surface area contributed by atoms with Crippen molar-refractivity contribution in [2.75, 3.05) is 6.54 Å². The Labute approximate surface area is 140 Å². The van der Waals surface area contributed by atoms with E-state index in [1.54, 1.807) is 0 Å². The maximum absolute atomic E-state index is 13.3. The zero-order valence-electron chi connectivity index (χ0n) is 13.0. The highest BCUT2D eigenvalue weighted by atomic mass is 19.4. The zero-order chi connectivity index (χ0) is 18.2. The lowest BCUT2D eigenvalue weighted by Gasteiger charge is -2.27. The number of rotatable bonds is 2. The maximum atomic E-state index is 13.3. The molecule has 0 unspecified atom stereocenters. The maximum Gasteiger partial charge on any atom is 0.416 e. The third-order valence-electron chi connectivity index (χ3n) is 4.20. The van der Waals surface area contributed by atoms with Crippen LogP contribution in [0.3, 0.4) is 0 Å². The number of pyridine rings is 1. The third-order valence-corrected chi connectivity index (χ3v) is 4.20. The summed E-state index contributed by atoms with van der Waals surface area (Å²) in [5.41, 5.74) is -1.13. The average Bonchev–Trinajstić information content (AvgIpc) is 2.96. The van der Waals surface area contributed by atoms with Gasteiger partial charge in [0.25, 0.3) is 5.91 Å². The number of β-amino-alcohol motifs (C(OH)–C–C–N with tert-alkyl or cyclic N) is 1. The normalized spacial score (nSPS) is 20.7. The minimum absolute atomic E-state index is 0.0161. The van der Waals surface area contributed by atoms with Crippen molar-refractivity contribution < 1.29 is 23.1 Å². The highest BCUT2D eigenvalue weighted by Crippen LogP contribution is 2.40. The molecule has 2 aromatic rings. The molecule has 0 spiro atoms. The lowest BCUT2D eigenvalue weighted by Crippen LogP contribution is -2.33. The van der Waals surface area contributed by atoms with Crippen molar-refractivity contribution in [2.24, 2.45) is 0 Å². The molecule has 2 atom stereocenters. The predicted octanol–water partition coefficient (Wildman–Crippen LogP) is 2.34. The van der Waals surface area contributed by atoms with E-state index in [4.69, 9.17) is 0 Å². The van der Waals surface area contributed by atoms with Crippen LogP contribution in [0, 0.1) is 0 Å². The largest absolute Gasteiger partial charge is 0.416 e. The number of halogens is 3. The molecule has 0 radical (unpaired) electrons. The fourth-order valence-corrected chi connectivity index (χ4v) is 3.09. The number of aromatic amines is 1. The molecule has 2 N–H and O–H groups in total. The Morgan fingerprint density at radius 2 is 1.92 bits per heavy atom. The molecule has 2 heterocycles. The van der Waals surface area contributed by atoms with E-state index in [9.17, 15) is 27.9 Å².